The Balaban J connectivity index is 1.68. The molecule has 3 rings (SSSR count). The number of nitrogens with one attached hydrogen (secondary N) is 1. The number of furan rings is 1. The predicted molar refractivity (Wildman–Crippen MR) is 108 cm³/mol. The van der Waals surface area contributed by atoms with Gasteiger partial charge in [-0.05, 0) is 55.7 Å². The SMILES string of the molecule is COc1ccccc1OCc1ccoc1C(=O)NC(C)c1ccc(C)c(C)c1. The lowest BCUT2D eigenvalue weighted by atomic mass is 10.0. The first kappa shape index (κ1) is 19.5. The van der Waals surface area contributed by atoms with Crippen LogP contribution in [0.5, 0.6) is 11.5 Å². The molecule has 0 saturated carbocycles. The second kappa shape index (κ2) is 8.65. The van der Waals surface area contributed by atoms with Gasteiger partial charge in [-0.15, -0.1) is 0 Å². The van der Waals surface area contributed by atoms with Crippen LogP contribution in [-0.2, 0) is 6.61 Å². The zero-order chi connectivity index (χ0) is 20.1. The van der Waals surface area contributed by atoms with Crippen molar-refractivity contribution in [3.05, 3.63) is 82.8 Å². The van der Waals surface area contributed by atoms with Gasteiger partial charge in [0.25, 0.3) is 5.91 Å². The third-order valence-corrected chi connectivity index (χ3v) is 4.78. The van der Waals surface area contributed by atoms with E-state index in [1.807, 2.05) is 37.3 Å². The molecule has 0 radical (unpaired) electrons. The summed E-state index contributed by atoms with van der Waals surface area (Å²) in [6.07, 6.45) is 1.50. The third-order valence-electron chi connectivity index (χ3n) is 4.78. The molecular formula is C23H25NO4. The highest BCUT2D eigenvalue weighted by Crippen LogP contribution is 2.27. The molecule has 146 valence electrons. The number of methoxy groups -OCH3 is 1. The van der Waals surface area contributed by atoms with Crippen LogP contribution in [0.1, 0.15) is 45.8 Å². The van der Waals surface area contributed by atoms with Crippen molar-refractivity contribution in [2.75, 3.05) is 7.11 Å². The molecule has 0 aliphatic heterocycles. The fourth-order valence-corrected chi connectivity index (χ4v) is 2.92. The first-order chi connectivity index (χ1) is 13.5. The first-order valence-electron chi connectivity index (χ1n) is 9.19. The Labute approximate surface area is 165 Å². The minimum atomic E-state index is -0.269. The van der Waals surface area contributed by atoms with E-state index in [9.17, 15) is 4.79 Å². The number of hydrogen-bond acceptors (Lipinski definition) is 4. The Bertz CT molecular complexity index is 961. The van der Waals surface area contributed by atoms with Crippen LogP contribution < -0.4 is 14.8 Å². The van der Waals surface area contributed by atoms with Crippen LogP contribution >= 0.6 is 0 Å². The average molecular weight is 379 g/mol. The molecule has 0 aliphatic carbocycles. The maximum absolute atomic E-state index is 12.7. The summed E-state index contributed by atoms with van der Waals surface area (Å²) in [5.74, 6) is 1.24. The van der Waals surface area contributed by atoms with Crippen molar-refractivity contribution in [1.82, 2.24) is 5.32 Å². The number of rotatable bonds is 7. The lowest BCUT2D eigenvalue weighted by Gasteiger charge is -2.15. The molecule has 1 unspecified atom stereocenters. The number of carbonyl (C=O) groups excluding carboxylic acids is 1. The number of amides is 1. The van der Waals surface area contributed by atoms with E-state index >= 15 is 0 Å². The van der Waals surface area contributed by atoms with Crippen molar-refractivity contribution >= 4 is 5.91 Å². The molecule has 0 saturated heterocycles. The zero-order valence-corrected chi connectivity index (χ0v) is 16.6. The van der Waals surface area contributed by atoms with Crippen LogP contribution in [0.3, 0.4) is 0 Å². The third kappa shape index (κ3) is 4.36. The van der Waals surface area contributed by atoms with Crippen molar-refractivity contribution in [2.24, 2.45) is 0 Å². The van der Waals surface area contributed by atoms with Crippen molar-refractivity contribution in [3.8, 4) is 11.5 Å². The highest BCUT2D eigenvalue weighted by Gasteiger charge is 2.19. The molecule has 1 heterocycles. The van der Waals surface area contributed by atoms with E-state index in [1.54, 1.807) is 13.2 Å². The predicted octanol–water partition coefficient (Wildman–Crippen LogP) is 4.98. The number of hydrogen-bond donors (Lipinski definition) is 1. The van der Waals surface area contributed by atoms with Crippen LogP contribution in [0, 0.1) is 13.8 Å². The molecule has 1 aromatic heterocycles. The normalized spacial score (nSPS) is 11.7. The van der Waals surface area contributed by atoms with Crippen molar-refractivity contribution in [1.29, 1.82) is 0 Å². The maximum atomic E-state index is 12.7. The second-order valence-corrected chi connectivity index (χ2v) is 6.75. The van der Waals surface area contributed by atoms with Crippen molar-refractivity contribution < 1.29 is 18.7 Å². The fraction of sp³-hybridized carbons (Fsp3) is 0.261. The van der Waals surface area contributed by atoms with Gasteiger partial charge in [-0.3, -0.25) is 4.79 Å². The van der Waals surface area contributed by atoms with E-state index in [4.69, 9.17) is 13.9 Å². The van der Waals surface area contributed by atoms with E-state index < -0.39 is 0 Å². The largest absolute Gasteiger partial charge is 0.493 e. The highest BCUT2D eigenvalue weighted by molar-refractivity contribution is 5.93. The molecule has 1 atom stereocenters. The number of benzene rings is 2. The van der Waals surface area contributed by atoms with Gasteiger partial charge in [0.1, 0.15) is 6.61 Å². The van der Waals surface area contributed by atoms with E-state index in [0.29, 0.717) is 17.1 Å². The molecule has 0 bridgehead atoms. The van der Waals surface area contributed by atoms with Gasteiger partial charge in [-0.25, -0.2) is 0 Å². The van der Waals surface area contributed by atoms with Crippen molar-refractivity contribution in [2.45, 2.75) is 33.4 Å². The number of carbonyl (C=O) groups is 1. The van der Waals surface area contributed by atoms with E-state index in [-0.39, 0.29) is 24.3 Å². The van der Waals surface area contributed by atoms with E-state index in [1.165, 1.54) is 17.4 Å². The minimum absolute atomic E-state index is 0.139. The molecule has 3 aromatic rings. The standard InChI is InChI=1S/C23H25NO4/c1-15-9-10-18(13-16(15)2)17(3)24-23(25)22-19(11-12-27-22)14-28-21-8-6-5-7-20(21)26-4/h5-13,17H,14H2,1-4H3,(H,24,25). The molecule has 28 heavy (non-hydrogen) atoms. The number of aryl methyl sites for hydroxylation is 2. The summed E-state index contributed by atoms with van der Waals surface area (Å²) in [5, 5.41) is 2.99. The Morgan fingerprint density at radius 2 is 1.82 bits per heavy atom. The Hall–Kier alpha value is -3.21. The zero-order valence-electron chi connectivity index (χ0n) is 16.6. The quantitative estimate of drug-likeness (QED) is 0.629. The molecule has 5 heteroatoms. The van der Waals surface area contributed by atoms with Crippen LogP contribution in [0.4, 0.5) is 0 Å². The summed E-state index contributed by atoms with van der Waals surface area (Å²) < 4.78 is 16.5. The van der Waals surface area contributed by atoms with Gasteiger partial charge in [0, 0.05) is 5.56 Å². The maximum Gasteiger partial charge on any atom is 0.287 e. The lowest BCUT2D eigenvalue weighted by Crippen LogP contribution is -2.27. The number of para-hydroxylation sites is 2. The van der Waals surface area contributed by atoms with Gasteiger partial charge in [-0.1, -0.05) is 30.3 Å². The van der Waals surface area contributed by atoms with E-state index in [2.05, 4.69) is 31.3 Å². The molecule has 0 spiro atoms. The average Bonchev–Trinajstić information content (AvgIpc) is 3.17. The van der Waals surface area contributed by atoms with Gasteiger partial charge >= 0.3 is 0 Å². The summed E-state index contributed by atoms with van der Waals surface area (Å²) in [5.41, 5.74) is 4.15. The van der Waals surface area contributed by atoms with Crippen LogP contribution in [0.2, 0.25) is 0 Å². The summed E-state index contributed by atoms with van der Waals surface area (Å²) in [6.45, 7) is 6.29. The van der Waals surface area contributed by atoms with Crippen LogP contribution in [-0.4, -0.2) is 13.0 Å². The van der Waals surface area contributed by atoms with Crippen LogP contribution in [0.25, 0.3) is 0 Å². The Morgan fingerprint density at radius 3 is 2.54 bits per heavy atom. The van der Waals surface area contributed by atoms with Gasteiger partial charge in [0.05, 0.1) is 19.4 Å². The van der Waals surface area contributed by atoms with Gasteiger partial charge in [0.15, 0.2) is 17.3 Å². The lowest BCUT2D eigenvalue weighted by molar-refractivity contribution is 0.0908. The summed E-state index contributed by atoms with van der Waals surface area (Å²) in [6, 6.07) is 15.2. The van der Waals surface area contributed by atoms with Gasteiger partial charge in [-0.2, -0.15) is 0 Å². The Morgan fingerprint density at radius 1 is 1.07 bits per heavy atom. The van der Waals surface area contributed by atoms with Gasteiger partial charge < -0.3 is 19.2 Å². The molecule has 5 nitrogen and oxygen atoms in total. The monoisotopic (exact) mass is 379 g/mol. The van der Waals surface area contributed by atoms with E-state index in [0.717, 1.165) is 5.56 Å². The van der Waals surface area contributed by atoms with Crippen molar-refractivity contribution in [3.63, 3.8) is 0 Å². The molecular weight excluding hydrogens is 354 g/mol. The minimum Gasteiger partial charge on any atom is -0.493 e. The molecule has 1 N–H and O–H groups in total. The second-order valence-electron chi connectivity index (χ2n) is 6.75. The Kier molecular flexibility index (Phi) is 6.04. The molecule has 0 fully saturated rings. The summed E-state index contributed by atoms with van der Waals surface area (Å²) in [7, 11) is 1.59. The molecule has 0 aliphatic rings. The molecule has 1 amide bonds. The molecule has 2 aromatic carbocycles. The highest BCUT2D eigenvalue weighted by atomic mass is 16.5. The summed E-state index contributed by atoms with van der Waals surface area (Å²) >= 11 is 0. The smallest absolute Gasteiger partial charge is 0.287 e. The van der Waals surface area contributed by atoms with Gasteiger partial charge in [0.2, 0.25) is 0 Å². The van der Waals surface area contributed by atoms with Crippen LogP contribution in [0.15, 0.2) is 59.2 Å². The topological polar surface area (TPSA) is 60.7 Å². The number of ether oxygens (including phenoxy) is 2. The first-order valence-corrected chi connectivity index (χ1v) is 9.19. The fourth-order valence-electron chi connectivity index (χ4n) is 2.92. The summed E-state index contributed by atoms with van der Waals surface area (Å²) in [4.78, 5) is 12.7.